The lowest BCUT2D eigenvalue weighted by atomic mass is 10.2. The smallest absolute Gasteiger partial charge is 0.166 e. The topological polar surface area (TPSA) is 23.9 Å². The van der Waals surface area contributed by atoms with E-state index in [4.69, 9.17) is 4.78 Å². The predicted molar refractivity (Wildman–Crippen MR) is 39.8 cm³/mol. The van der Waals surface area contributed by atoms with E-state index in [0.717, 1.165) is 12.1 Å². The molecule has 0 atom stereocenters. The van der Waals surface area contributed by atoms with E-state index < -0.39 is 11.7 Å². The molecule has 0 bridgehead atoms. The van der Waals surface area contributed by atoms with Gasteiger partial charge in [0.05, 0.1) is 5.56 Å². The van der Waals surface area contributed by atoms with Crippen LogP contribution in [0.15, 0.2) is 29.2 Å². The lowest BCUT2D eigenvalue weighted by Crippen LogP contribution is -2.03. The van der Waals surface area contributed by atoms with Crippen molar-refractivity contribution in [3.8, 4) is 0 Å². The molecule has 0 amide bonds. The first-order valence-corrected chi connectivity index (χ1v) is 3.86. The van der Waals surface area contributed by atoms with Crippen LogP contribution in [0.3, 0.4) is 0 Å². The molecule has 0 radical (unpaired) electrons. The highest BCUT2D eigenvalue weighted by Gasteiger charge is 2.30. The number of benzene rings is 1. The van der Waals surface area contributed by atoms with Crippen LogP contribution in [0.25, 0.3) is 0 Å². The van der Waals surface area contributed by atoms with Gasteiger partial charge in [-0.15, -0.1) is 0 Å². The van der Waals surface area contributed by atoms with Gasteiger partial charge in [-0.05, 0) is 16.9 Å². The maximum Gasteiger partial charge on any atom is 0.416 e. The summed E-state index contributed by atoms with van der Waals surface area (Å²) in [5.74, 6) is 0. The zero-order valence-corrected chi connectivity index (χ0v) is 6.67. The molecule has 0 spiro atoms. The highest BCUT2D eigenvalue weighted by Crippen LogP contribution is 2.28. The Bertz CT molecular complexity index is 278. The second kappa shape index (κ2) is 3.18. The molecule has 5 heteroatoms. The van der Waals surface area contributed by atoms with Crippen LogP contribution in [0.2, 0.25) is 0 Å². The summed E-state index contributed by atoms with van der Waals surface area (Å²) in [6.07, 6.45) is -4.29. The molecule has 0 fully saturated rings. The predicted octanol–water partition coefficient (Wildman–Crippen LogP) is 2.91. The zero-order chi connectivity index (χ0) is 9.19. The van der Waals surface area contributed by atoms with Gasteiger partial charge in [0.2, 0.25) is 0 Å². The molecule has 1 rings (SSSR count). The molecular weight excluding hydrogens is 187 g/mol. The second-order valence-corrected chi connectivity index (χ2v) is 2.80. The zero-order valence-electron chi connectivity index (χ0n) is 5.85. The normalized spacial score (nSPS) is 11.2. The average molecular weight is 192 g/mol. The maximum absolute atomic E-state index is 12.0. The number of rotatable bonds is 1. The molecule has 64 valence electrons. The summed E-state index contributed by atoms with van der Waals surface area (Å²) >= 11 is 0.671. The summed E-state index contributed by atoms with van der Waals surface area (Å²) in [6.45, 7) is 0. The summed E-state index contributed by atoms with van der Waals surface area (Å²) in [5, 5.41) is 0. The molecule has 0 saturated carbocycles. The Balaban J connectivity index is 3.00. The third kappa shape index (κ3) is 2.01. The van der Waals surface area contributed by atoms with Gasteiger partial charge in [0.25, 0.3) is 4.90 Å². The number of alkyl halides is 3. The van der Waals surface area contributed by atoms with Crippen molar-refractivity contribution >= 4 is 11.6 Å². The van der Waals surface area contributed by atoms with Gasteiger partial charge in [0, 0.05) is 12.1 Å². The fraction of sp³-hybridized carbons (Fsp3) is 0.143. The molecule has 1 aromatic rings. The SMILES string of the molecule is N=[S+]c1ccc(C(F)(F)F)cc1. The molecule has 1 aromatic carbocycles. The molecule has 1 nitrogen and oxygen atoms in total. The Morgan fingerprint density at radius 1 is 1.08 bits per heavy atom. The first-order valence-electron chi connectivity index (χ1n) is 3.05. The van der Waals surface area contributed by atoms with E-state index in [-0.39, 0.29) is 0 Å². The van der Waals surface area contributed by atoms with Gasteiger partial charge < -0.3 is 0 Å². The second-order valence-electron chi connectivity index (χ2n) is 2.12. The standard InChI is InChI=1S/C7H5F3NS/c8-7(9,10)5-1-3-6(12-11)4-2-5/h1-4,11H/q+1. The van der Waals surface area contributed by atoms with Crippen LogP contribution >= 0.6 is 0 Å². The minimum Gasteiger partial charge on any atom is -0.166 e. The molecule has 0 saturated heterocycles. The fourth-order valence-corrected chi connectivity index (χ4v) is 0.984. The molecule has 0 aliphatic heterocycles. The number of halogens is 3. The maximum atomic E-state index is 12.0. The summed E-state index contributed by atoms with van der Waals surface area (Å²) in [5.41, 5.74) is -0.680. The van der Waals surface area contributed by atoms with E-state index in [1.807, 2.05) is 0 Å². The van der Waals surface area contributed by atoms with E-state index in [1.165, 1.54) is 12.1 Å². The summed E-state index contributed by atoms with van der Waals surface area (Å²) in [7, 11) is 0. The van der Waals surface area contributed by atoms with Crippen molar-refractivity contribution in [2.24, 2.45) is 0 Å². The third-order valence-corrected chi connectivity index (χ3v) is 1.81. The van der Waals surface area contributed by atoms with Crippen molar-refractivity contribution < 1.29 is 13.2 Å². The van der Waals surface area contributed by atoms with E-state index in [2.05, 4.69) is 0 Å². The van der Waals surface area contributed by atoms with Crippen LogP contribution in [0.1, 0.15) is 5.56 Å². The van der Waals surface area contributed by atoms with E-state index in [1.54, 1.807) is 0 Å². The van der Waals surface area contributed by atoms with Crippen molar-refractivity contribution in [3.63, 3.8) is 0 Å². The molecule has 1 N–H and O–H groups in total. The van der Waals surface area contributed by atoms with E-state index >= 15 is 0 Å². The van der Waals surface area contributed by atoms with Crippen LogP contribution in [-0.2, 0) is 17.7 Å². The number of nitrogens with one attached hydrogen (secondary N) is 1. The Morgan fingerprint density at radius 3 is 1.92 bits per heavy atom. The Labute approximate surface area is 71.1 Å². The Morgan fingerprint density at radius 2 is 1.58 bits per heavy atom. The molecule has 0 unspecified atom stereocenters. The van der Waals surface area contributed by atoms with Gasteiger partial charge in [-0.25, -0.2) is 0 Å². The van der Waals surface area contributed by atoms with Crippen molar-refractivity contribution in [3.05, 3.63) is 29.8 Å². The minimum atomic E-state index is -4.29. The van der Waals surface area contributed by atoms with Gasteiger partial charge >= 0.3 is 17.7 Å². The molecular formula is C7H5F3NS+. The van der Waals surface area contributed by atoms with E-state index in [9.17, 15) is 13.2 Å². The third-order valence-electron chi connectivity index (χ3n) is 1.30. The first kappa shape index (κ1) is 9.12. The summed E-state index contributed by atoms with van der Waals surface area (Å²) in [4.78, 5) is 0.503. The fourth-order valence-electron chi connectivity index (χ4n) is 0.712. The Hall–Kier alpha value is -0.970. The van der Waals surface area contributed by atoms with Gasteiger partial charge in [-0.2, -0.15) is 13.2 Å². The average Bonchev–Trinajstić information content (AvgIpc) is 2.03. The van der Waals surface area contributed by atoms with E-state index in [0.29, 0.717) is 16.5 Å². The molecule has 0 aliphatic rings. The Kier molecular flexibility index (Phi) is 2.42. The highest BCUT2D eigenvalue weighted by molar-refractivity contribution is 7.66. The van der Waals surface area contributed by atoms with Gasteiger partial charge in [-0.1, -0.05) is 0 Å². The quantitative estimate of drug-likeness (QED) is 0.661. The summed E-state index contributed by atoms with van der Waals surface area (Å²) < 4.78 is 42.7. The van der Waals surface area contributed by atoms with Crippen LogP contribution in [0.5, 0.6) is 0 Å². The molecule has 12 heavy (non-hydrogen) atoms. The molecule has 0 heterocycles. The largest absolute Gasteiger partial charge is 0.416 e. The van der Waals surface area contributed by atoms with Crippen LogP contribution in [0, 0.1) is 4.78 Å². The molecule has 0 aromatic heterocycles. The first-order chi connectivity index (χ1) is 5.54. The van der Waals surface area contributed by atoms with Crippen LogP contribution < -0.4 is 0 Å². The lowest BCUT2D eigenvalue weighted by Gasteiger charge is -2.03. The summed E-state index contributed by atoms with van der Waals surface area (Å²) in [6, 6.07) is 4.49. The van der Waals surface area contributed by atoms with Crippen molar-refractivity contribution in [2.75, 3.05) is 0 Å². The minimum absolute atomic E-state index is 0.503. The highest BCUT2D eigenvalue weighted by atomic mass is 32.1. The van der Waals surface area contributed by atoms with Crippen LogP contribution in [-0.4, -0.2) is 0 Å². The number of hydrogen-bond donors (Lipinski definition) is 1. The van der Waals surface area contributed by atoms with Crippen molar-refractivity contribution in [1.82, 2.24) is 0 Å². The van der Waals surface area contributed by atoms with Crippen LogP contribution in [0.4, 0.5) is 13.2 Å². The van der Waals surface area contributed by atoms with Gasteiger partial charge in [0.15, 0.2) is 0 Å². The van der Waals surface area contributed by atoms with Gasteiger partial charge in [-0.3, -0.25) is 0 Å². The van der Waals surface area contributed by atoms with Gasteiger partial charge in [0.1, 0.15) is 0 Å². The lowest BCUT2D eigenvalue weighted by molar-refractivity contribution is -0.137. The molecule has 0 aliphatic carbocycles. The van der Waals surface area contributed by atoms with Crippen molar-refractivity contribution in [2.45, 2.75) is 11.1 Å². The number of hydrogen-bond acceptors (Lipinski definition) is 1. The van der Waals surface area contributed by atoms with Crippen molar-refractivity contribution in [1.29, 1.82) is 4.78 Å². The monoisotopic (exact) mass is 192 g/mol.